The number of carbonyl (C=O) groups excluding carboxylic acids is 1. The zero-order valence-electron chi connectivity index (χ0n) is 12.7. The molecule has 1 amide bonds. The molecule has 1 aromatic heterocycles. The third-order valence-corrected chi connectivity index (χ3v) is 4.41. The molecule has 1 atom stereocenters. The van der Waals surface area contributed by atoms with Gasteiger partial charge in [-0.15, -0.1) is 0 Å². The maximum atomic E-state index is 12.0. The van der Waals surface area contributed by atoms with Crippen molar-refractivity contribution in [3.05, 3.63) is 18.0 Å². The Balaban J connectivity index is 1.48. The maximum absolute atomic E-state index is 12.0. The second-order valence-corrected chi connectivity index (χ2v) is 6.26. The molecule has 6 heteroatoms. The van der Waals surface area contributed by atoms with Gasteiger partial charge in [0.25, 0.3) is 5.91 Å². The summed E-state index contributed by atoms with van der Waals surface area (Å²) in [7, 11) is 1.79. The second-order valence-electron chi connectivity index (χ2n) is 6.26. The van der Waals surface area contributed by atoms with Crippen molar-refractivity contribution in [2.75, 3.05) is 13.2 Å². The Kier molecular flexibility index (Phi) is 3.99. The third kappa shape index (κ3) is 3.27. The molecule has 1 spiro atoms. The van der Waals surface area contributed by atoms with Crippen molar-refractivity contribution in [1.29, 1.82) is 0 Å². The van der Waals surface area contributed by atoms with Gasteiger partial charge in [-0.1, -0.05) is 6.92 Å². The van der Waals surface area contributed by atoms with Crippen LogP contribution in [0.2, 0.25) is 0 Å². The highest BCUT2D eigenvalue weighted by molar-refractivity contribution is 5.93. The Morgan fingerprint density at radius 1 is 1.52 bits per heavy atom. The van der Waals surface area contributed by atoms with Crippen molar-refractivity contribution in [3.8, 4) is 0 Å². The summed E-state index contributed by atoms with van der Waals surface area (Å²) in [4.78, 5) is 12.0. The van der Waals surface area contributed by atoms with Gasteiger partial charge in [0.2, 0.25) is 0 Å². The molecule has 1 unspecified atom stereocenters. The molecule has 0 bridgehead atoms. The number of amides is 1. The summed E-state index contributed by atoms with van der Waals surface area (Å²) in [6, 6.07) is 0. The van der Waals surface area contributed by atoms with Crippen LogP contribution in [0.5, 0.6) is 0 Å². The van der Waals surface area contributed by atoms with Crippen LogP contribution in [-0.4, -0.2) is 40.7 Å². The van der Waals surface area contributed by atoms with E-state index in [1.165, 1.54) is 0 Å². The minimum Gasteiger partial charge on any atom is -0.349 e. The highest BCUT2D eigenvalue weighted by Crippen LogP contribution is 2.39. The number of carbonyl (C=O) groups is 1. The number of aromatic nitrogens is 2. The van der Waals surface area contributed by atoms with Gasteiger partial charge < -0.3 is 14.8 Å². The molecule has 3 rings (SSSR count). The fourth-order valence-electron chi connectivity index (χ4n) is 3.03. The summed E-state index contributed by atoms with van der Waals surface area (Å²) in [5, 5.41) is 6.88. The van der Waals surface area contributed by atoms with Gasteiger partial charge in [-0.3, -0.25) is 9.48 Å². The number of hydrogen-bond acceptors (Lipinski definition) is 4. The maximum Gasteiger partial charge on any atom is 0.254 e. The van der Waals surface area contributed by atoms with Crippen LogP contribution in [0.3, 0.4) is 0 Å². The number of aryl methyl sites for hydroxylation is 1. The molecule has 2 heterocycles. The van der Waals surface area contributed by atoms with Crippen LogP contribution in [-0.2, 0) is 16.5 Å². The normalized spacial score (nSPS) is 32.5. The number of ether oxygens (including phenoxy) is 2. The molecule has 6 nitrogen and oxygen atoms in total. The molecule has 1 aliphatic carbocycles. The van der Waals surface area contributed by atoms with Gasteiger partial charge in [-0.2, -0.15) is 5.10 Å². The van der Waals surface area contributed by atoms with Gasteiger partial charge in [0.15, 0.2) is 5.79 Å². The van der Waals surface area contributed by atoms with Crippen LogP contribution in [0.15, 0.2) is 12.4 Å². The third-order valence-electron chi connectivity index (χ3n) is 4.41. The van der Waals surface area contributed by atoms with Crippen molar-refractivity contribution in [3.63, 3.8) is 0 Å². The van der Waals surface area contributed by atoms with E-state index in [1.54, 1.807) is 24.1 Å². The number of nitrogens with zero attached hydrogens (tertiary/aromatic N) is 2. The first-order chi connectivity index (χ1) is 10.1. The minimum absolute atomic E-state index is 0.0565. The predicted molar refractivity (Wildman–Crippen MR) is 76.7 cm³/mol. The van der Waals surface area contributed by atoms with E-state index in [0.717, 1.165) is 31.6 Å². The van der Waals surface area contributed by atoms with Crippen LogP contribution in [0.1, 0.15) is 43.0 Å². The minimum atomic E-state index is -0.393. The molecular weight excluding hydrogens is 270 g/mol. The average Bonchev–Trinajstić information content (AvgIpc) is 3.07. The molecule has 2 fully saturated rings. The lowest BCUT2D eigenvalue weighted by molar-refractivity contribution is -0.191. The Morgan fingerprint density at radius 3 is 2.95 bits per heavy atom. The fraction of sp³-hybridized carbons (Fsp3) is 0.733. The van der Waals surface area contributed by atoms with Crippen molar-refractivity contribution < 1.29 is 14.3 Å². The zero-order chi connectivity index (χ0) is 14.9. The predicted octanol–water partition coefficient (Wildman–Crippen LogP) is 1.47. The number of hydrogen-bond donors (Lipinski definition) is 1. The van der Waals surface area contributed by atoms with E-state index < -0.39 is 5.79 Å². The summed E-state index contributed by atoms with van der Waals surface area (Å²) in [5.41, 5.74) is 0.567. The van der Waals surface area contributed by atoms with Crippen LogP contribution >= 0.6 is 0 Å². The van der Waals surface area contributed by atoms with E-state index in [2.05, 4.69) is 17.3 Å². The molecular formula is C15H23N3O3. The Hall–Kier alpha value is -1.40. The van der Waals surface area contributed by atoms with Crippen LogP contribution in [0.25, 0.3) is 0 Å². The van der Waals surface area contributed by atoms with Gasteiger partial charge >= 0.3 is 0 Å². The lowest BCUT2D eigenvalue weighted by atomic mass is 9.86. The Bertz CT molecular complexity index is 506. The lowest BCUT2D eigenvalue weighted by Gasteiger charge is -2.34. The highest BCUT2D eigenvalue weighted by Gasteiger charge is 2.43. The van der Waals surface area contributed by atoms with E-state index in [0.29, 0.717) is 18.7 Å². The van der Waals surface area contributed by atoms with E-state index >= 15 is 0 Å². The summed E-state index contributed by atoms with van der Waals surface area (Å²) in [6.07, 6.45) is 7.42. The SMILES string of the molecule is CC1CCC2(CC1)OCC(CNC(=O)c1cnn(C)c1)O2. The van der Waals surface area contributed by atoms with E-state index in [-0.39, 0.29) is 12.0 Å². The second kappa shape index (κ2) is 5.77. The summed E-state index contributed by atoms with van der Waals surface area (Å²) in [6.45, 7) is 3.31. The van der Waals surface area contributed by atoms with Crippen molar-refractivity contribution in [2.24, 2.45) is 13.0 Å². The van der Waals surface area contributed by atoms with Crippen LogP contribution in [0, 0.1) is 5.92 Å². The molecule has 1 saturated heterocycles. The highest BCUT2D eigenvalue weighted by atomic mass is 16.7. The molecule has 1 saturated carbocycles. The molecule has 21 heavy (non-hydrogen) atoms. The monoisotopic (exact) mass is 293 g/mol. The molecule has 2 aliphatic rings. The zero-order valence-corrected chi connectivity index (χ0v) is 12.7. The smallest absolute Gasteiger partial charge is 0.254 e. The number of nitrogens with one attached hydrogen (secondary N) is 1. The van der Waals surface area contributed by atoms with Gasteiger partial charge in [0, 0.05) is 32.6 Å². The molecule has 1 aliphatic heterocycles. The van der Waals surface area contributed by atoms with Gasteiger partial charge in [-0.05, 0) is 18.8 Å². The average molecular weight is 293 g/mol. The molecule has 0 radical (unpaired) electrons. The standard InChI is InChI=1S/C15H23N3O3/c1-11-3-5-15(6-4-11)20-10-13(21-15)8-16-14(19)12-7-17-18(2)9-12/h7,9,11,13H,3-6,8,10H2,1-2H3,(H,16,19). The van der Waals surface area contributed by atoms with E-state index in [1.807, 2.05) is 0 Å². The van der Waals surface area contributed by atoms with E-state index in [9.17, 15) is 4.79 Å². The molecule has 116 valence electrons. The number of rotatable bonds is 3. The van der Waals surface area contributed by atoms with Gasteiger partial charge in [0.05, 0.1) is 18.4 Å². The first-order valence-electron chi connectivity index (χ1n) is 7.65. The first-order valence-corrected chi connectivity index (χ1v) is 7.65. The lowest BCUT2D eigenvalue weighted by Crippen LogP contribution is -2.38. The fourth-order valence-corrected chi connectivity index (χ4v) is 3.03. The topological polar surface area (TPSA) is 65.4 Å². The van der Waals surface area contributed by atoms with Crippen LogP contribution < -0.4 is 5.32 Å². The molecule has 0 aromatic carbocycles. The van der Waals surface area contributed by atoms with Crippen molar-refractivity contribution in [1.82, 2.24) is 15.1 Å². The van der Waals surface area contributed by atoms with Crippen molar-refractivity contribution >= 4 is 5.91 Å². The summed E-state index contributed by atoms with van der Waals surface area (Å²) < 4.78 is 13.6. The first kappa shape index (κ1) is 14.5. The summed E-state index contributed by atoms with van der Waals surface area (Å²) >= 11 is 0. The Morgan fingerprint density at radius 2 is 2.29 bits per heavy atom. The van der Waals surface area contributed by atoms with Gasteiger partial charge in [0.1, 0.15) is 6.10 Å². The van der Waals surface area contributed by atoms with Crippen LogP contribution in [0.4, 0.5) is 0 Å². The Labute approximate surface area is 124 Å². The van der Waals surface area contributed by atoms with Crippen molar-refractivity contribution in [2.45, 2.75) is 44.5 Å². The van der Waals surface area contributed by atoms with E-state index in [4.69, 9.17) is 9.47 Å². The molecule has 1 aromatic rings. The van der Waals surface area contributed by atoms with Gasteiger partial charge in [-0.25, -0.2) is 0 Å². The quantitative estimate of drug-likeness (QED) is 0.916. The summed E-state index contributed by atoms with van der Waals surface area (Å²) in [5.74, 6) is 0.244. The largest absolute Gasteiger partial charge is 0.349 e. The molecule has 1 N–H and O–H groups in total.